The zero-order valence-electron chi connectivity index (χ0n) is 17.3. The zero-order chi connectivity index (χ0) is 21.9. The molecule has 0 fully saturated rings. The molecule has 0 aliphatic heterocycles. The molecule has 0 saturated carbocycles. The third-order valence-electron chi connectivity index (χ3n) is 4.29. The molecule has 0 aromatic heterocycles. The highest BCUT2D eigenvalue weighted by atomic mass is 16.5. The molecule has 0 heterocycles. The number of hydrogen-bond donors (Lipinski definition) is 0. The van der Waals surface area contributed by atoms with Crippen LogP contribution in [0, 0.1) is 11.3 Å². The van der Waals surface area contributed by atoms with Gasteiger partial charge >= 0.3 is 5.97 Å². The molecule has 3 rings (SSSR count). The van der Waals surface area contributed by atoms with Crippen LogP contribution in [0.3, 0.4) is 0 Å². The largest absolute Gasteiger partial charge is 0.494 e. The first-order valence-corrected chi connectivity index (χ1v) is 10.0. The second-order valence-corrected chi connectivity index (χ2v) is 6.72. The Morgan fingerprint density at radius 2 is 1.48 bits per heavy atom. The molecule has 31 heavy (non-hydrogen) atoms. The lowest BCUT2D eigenvalue weighted by molar-refractivity contribution is -0.129. The molecule has 0 radical (unpaired) electrons. The quantitative estimate of drug-likeness (QED) is 0.199. The van der Waals surface area contributed by atoms with Gasteiger partial charge in [0.15, 0.2) is 0 Å². The Bertz CT molecular complexity index is 1050. The number of carbonyl (C=O) groups is 1. The van der Waals surface area contributed by atoms with Gasteiger partial charge in [0, 0.05) is 0 Å². The highest BCUT2D eigenvalue weighted by Crippen LogP contribution is 2.20. The Kier molecular flexibility index (Phi) is 7.84. The Balaban J connectivity index is 1.58. The summed E-state index contributed by atoms with van der Waals surface area (Å²) >= 11 is 0. The Labute approximate surface area is 182 Å². The number of esters is 1. The fourth-order valence-electron chi connectivity index (χ4n) is 2.69. The summed E-state index contributed by atoms with van der Waals surface area (Å²) in [5.41, 5.74) is 1.68. The van der Waals surface area contributed by atoms with Crippen LogP contribution >= 0.6 is 0 Å². The predicted molar refractivity (Wildman–Crippen MR) is 119 cm³/mol. The number of benzene rings is 3. The van der Waals surface area contributed by atoms with Gasteiger partial charge in [-0.15, -0.1) is 0 Å². The van der Waals surface area contributed by atoms with Crippen LogP contribution in [-0.4, -0.2) is 12.6 Å². The van der Waals surface area contributed by atoms with Gasteiger partial charge in [-0.05, 0) is 60.0 Å². The molecule has 0 atom stereocenters. The van der Waals surface area contributed by atoms with E-state index in [0.717, 1.165) is 17.7 Å². The highest BCUT2D eigenvalue weighted by Gasteiger charge is 2.12. The molecule has 0 unspecified atom stereocenters. The van der Waals surface area contributed by atoms with Gasteiger partial charge in [-0.25, -0.2) is 4.79 Å². The van der Waals surface area contributed by atoms with Gasteiger partial charge < -0.3 is 14.2 Å². The summed E-state index contributed by atoms with van der Waals surface area (Å²) in [6.45, 7) is 3.12. The molecule has 3 aromatic carbocycles. The third kappa shape index (κ3) is 6.76. The van der Waals surface area contributed by atoms with Crippen LogP contribution < -0.4 is 14.2 Å². The maximum absolute atomic E-state index is 12.4. The lowest BCUT2D eigenvalue weighted by atomic mass is 10.1. The topological polar surface area (TPSA) is 68.5 Å². The zero-order valence-corrected chi connectivity index (χ0v) is 17.3. The molecule has 0 spiro atoms. The van der Waals surface area contributed by atoms with Crippen molar-refractivity contribution in [2.24, 2.45) is 0 Å². The van der Waals surface area contributed by atoms with E-state index in [-0.39, 0.29) is 5.57 Å². The first-order chi connectivity index (χ1) is 15.2. The summed E-state index contributed by atoms with van der Waals surface area (Å²) < 4.78 is 16.6. The standard InChI is InChI=1S/C26H23NO4/c1-2-16-29-23-10-8-20(9-11-23)17-22(18-27)26(28)31-25-14-12-24(13-15-25)30-19-21-6-4-3-5-7-21/h3-15,17H,2,16,19H2,1H3. The monoisotopic (exact) mass is 413 g/mol. The van der Waals surface area contributed by atoms with Gasteiger partial charge in [-0.3, -0.25) is 0 Å². The number of carbonyl (C=O) groups excluding carboxylic acids is 1. The fourth-order valence-corrected chi connectivity index (χ4v) is 2.69. The maximum atomic E-state index is 12.4. The molecule has 0 aliphatic rings. The molecule has 5 heteroatoms. The summed E-state index contributed by atoms with van der Waals surface area (Å²) in [5.74, 6) is 1.02. The van der Waals surface area contributed by atoms with Crippen molar-refractivity contribution in [3.05, 3.63) is 95.6 Å². The molecule has 156 valence electrons. The number of rotatable bonds is 9. The molecule has 0 saturated heterocycles. The first kappa shape index (κ1) is 21.7. The van der Waals surface area contributed by atoms with Gasteiger partial charge in [0.1, 0.15) is 35.5 Å². The van der Waals surface area contributed by atoms with Gasteiger partial charge in [-0.2, -0.15) is 5.26 Å². The van der Waals surface area contributed by atoms with Crippen LogP contribution in [0.15, 0.2) is 84.4 Å². The van der Waals surface area contributed by atoms with E-state index in [9.17, 15) is 10.1 Å². The van der Waals surface area contributed by atoms with E-state index < -0.39 is 5.97 Å². The van der Waals surface area contributed by atoms with Gasteiger partial charge in [0.2, 0.25) is 0 Å². The predicted octanol–water partition coefficient (Wildman–Crippen LogP) is 5.57. The smallest absolute Gasteiger partial charge is 0.354 e. The number of nitriles is 1. The Hall–Kier alpha value is -4.04. The van der Waals surface area contributed by atoms with Crippen LogP contribution in [0.1, 0.15) is 24.5 Å². The van der Waals surface area contributed by atoms with Crippen LogP contribution in [-0.2, 0) is 11.4 Å². The van der Waals surface area contributed by atoms with Crippen molar-refractivity contribution < 1.29 is 19.0 Å². The average Bonchev–Trinajstić information content (AvgIpc) is 2.82. The second-order valence-electron chi connectivity index (χ2n) is 6.72. The number of nitrogens with zero attached hydrogens (tertiary/aromatic N) is 1. The van der Waals surface area contributed by atoms with Crippen molar-refractivity contribution in [3.63, 3.8) is 0 Å². The van der Waals surface area contributed by atoms with E-state index in [4.69, 9.17) is 14.2 Å². The van der Waals surface area contributed by atoms with Crippen molar-refractivity contribution in [3.8, 4) is 23.3 Å². The molecule has 0 amide bonds. The van der Waals surface area contributed by atoms with E-state index in [1.165, 1.54) is 6.08 Å². The van der Waals surface area contributed by atoms with E-state index in [1.54, 1.807) is 48.5 Å². The van der Waals surface area contributed by atoms with Crippen molar-refractivity contribution in [1.29, 1.82) is 5.26 Å². The normalized spacial score (nSPS) is 10.8. The van der Waals surface area contributed by atoms with E-state index in [0.29, 0.717) is 30.3 Å². The van der Waals surface area contributed by atoms with Crippen molar-refractivity contribution >= 4 is 12.0 Å². The molecule has 0 N–H and O–H groups in total. The van der Waals surface area contributed by atoms with Crippen LogP contribution in [0.4, 0.5) is 0 Å². The van der Waals surface area contributed by atoms with Gasteiger partial charge in [-0.1, -0.05) is 49.4 Å². The Morgan fingerprint density at radius 1 is 0.871 bits per heavy atom. The molecular weight excluding hydrogens is 390 g/mol. The second kappa shape index (κ2) is 11.2. The van der Waals surface area contributed by atoms with Crippen LogP contribution in [0.2, 0.25) is 0 Å². The minimum Gasteiger partial charge on any atom is -0.494 e. The van der Waals surface area contributed by atoms with E-state index in [1.807, 2.05) is 43.3 Å². The summed E-state index contributed by atoms with van der Waals surface area (Å²) in [6.07, 6.45) is 2.41. The average molecular weight is 413 g/mol. The Morgan fingerprint density at radius 3 is 2.13 bits per heavy atom. The van der Waals surface area contributed by atoms with Crippen LogP contribution in [0.5, 0.6) is 17.2 Å². The fraction of sp³-hybridized carbons (Fsp3) is 0.154. The van der Waals surface area contributed by atoms with E-state index >= 15 is 0 Å². The van der Waals surface area contributed by atoms with Crippen molar-refractivity contribution in [2.75, 3.05) is 6.61 Å². The summed E-state index contributed by atoms with van der Waals surface area (Å²) in [7, 11) is 0. The third-order valence-corrected chi connectivity index (χ3v) is 4.29. The molecular formula is C26H23NO4. The van der Waals surface area contributed by atoms with Crippen LogP contribution in [0.25, 0.3) is 6.08 Å². The molecule has 3 aromatic rings. The summed E-state index contributed by atoms with van der Waals surface area (Å²) in [5, 5.41) is 9.37. The van der Waals surface area contributed by atoms with E-state index in [2.05, 4.69) is 0 Å². The first-order valence-electron chi connectivity index (χ1n) is 10.0. The maximum Gasteiger partial charge on any atom is 0.354 e. The summed E-state index contributed by atoms with van der Waals surface area (Å²) in [6, 6.07) is 25.6. The number of hydrogen-bond acceptors (Lipinski definition) is 5. The minimum atomic E-state index is -0.716. The molecule has 0 aliphatic carbocycles. The number of ether oxygens (including phenoxy) is 3. The highest BCUT2D eigenvalue weighted by molar-refractivity contribution is 5.99. The van der Waals surface area contributed by atoms with Gasteiger partial charge in [0.05, 0.1) is 6.61 Å². The lowest BCUT2D eigenvalue weighted by Crippen LogP contribution is -2.10. The molecule has 0 bridgehead atoms. The summed E-state index contributed by atoms with van der Waals surface area (Å²) in [4.78, 5) is 12.4. The molecule has 5 nitrogen and oxygen atoms in total. The minimum absolute atomic E-state index is 0.0911. The van der Waals surface area contributed by atoms with Crippen molar-refractivity contribution in [1.82, 2.24) is 0 Å². The SMILES string of the molecule is CCCOc1ccc(C=C(C#N)C(=O)Oc2ccc(OCc3ccccc3)cc2)cc1. The van der Waals surface area contributed by atoms with Crippen molar-refractivity contribution in [2.45, 2.75) is 20.0 Å². The lowest BCUT2D eigenvalue weighted by Gasteiger charge is -2.08. The van der Waals surface area contributed by atoms with Gasteiger partial charge in [0.25, 0.3) is 0 Å².